The van der Waals surface area contributed by atoms with Crippen molar-refractivity contribution in [3.63, 3.8) is 0 Å². The molecule has 0 N–H and O–H groups in total. The number of carbonyl (C=O) groups excluding carboxylic acids is 2. The summed E-state index contributed by atoms with van der Waals surface area (Å²) < 4.78 is 5.07. The Hall–Kier alpha value is -2.16. The highest BCUT2D eigenvalue weighted by Gasteiger charge is 2.17. The topological polar surface area (TPSA) is 43.4 Å². The highest BCUT2D eigenvalue weighted by molar-refractivity contribution is 6.19. The van der Waals surface area contributed by atoms with E-state index < -0.39 is 0 Å². The fourth-order valence-electron chi connectivity index (χ4n) is 1.81. The first-order valence-electron chi connectivity index (χ1n) is 5.70. The van der Waals surface area contributed by atoms with E-state index in [0.29, 0.717) is 17.6 Å². The summed E-state index contributed by atoms with van der Waals surface area (Å²) in [5, 5.41) is 0. The number of carbonyl (C=O) groups is 2. The third-order valence-corrected chi connectivity index (χ3v) is 2.91. The van der Waals surface area contributed by atoms with Crippen LogP contribution in [0.2, 0.25) is 0 Å². The fraction of sp³-hybridized carbons (Fsp3) is 0.200. The first-order valence-corrected chi connectivity index (χ1v) is 5.70. The van der Waals surface area contributed by atoms with E-state index in [1.165, 1.54) is 12.2 Å². The molecule has 0 atom stereocenters. The molecule has 3 nitrogen and oxygen atoms in total. The summed E-state index contributed by atoms with van der Waals surface area (Å²) in [7, 11) is 1.61. The zero-order valence-corrected chi connectivity index (χ0v) is 10.4. The lowest BCUT2D eigenvalue weighted by molar-refractivity contribution is -0.115. The van der Waals surface area contributed by atoms with E-state index in [4.69, 9.17) is 4.74 Å². The van der Waals surface area contributed by atoms with Crippen LogP contribution in [0.15, 0.2) is 47.6 Å². The van der Waals surface area contributed by atoms with Crippen molar-refractivity contribution in [3.8, 4) is 5.75 Å². The smallest absolute Gasteiger partial charge is 0.182 e. The second kappa shape index (κ2) is 5.00. The van der Waals surface area contributed by atoms with Gasteiger partial charge in [0.2, 0.25) is 0 Å². The molecule has 1 aliphatic rings. The molecule has 92 valence electrons. The number of rotatable bonds is 3. The Kier molecular flexibility index (Phi) is 3.42. The van der Waals surface area contributed by atoms with Gasteiger partial charge >= 0.3 is 0 Å². The number of hydrogen-bond donors (Lipinski definition) is 0. The molecule has 1 aromatic rings. The Bertz CT molecular complexity index is 548. The van der Waals surface area contributed by atoms with Gasteiger partial charge in [-0.25, -0.2) is 0 Å². The molecule has 0 heterocycles. The van der Waals surface area contributed by atoms with E-state index >= 15 is 0 Å². The van der Waals surface area contributed by atoms with Crippen molar-refractivity contribution < 1.29 is 14.3 Å². The van der Waals surface area contributed by atoms with Crippen LogP contribution >= 0.6 is 0 Å². The van der Waals surface area contributed by atoms with Crippen LogP contribution in [0, 0.1) is 0 Å². The lowest BCUT2D eigenvalue weighted by Crippen LogP contribution is -2.13. The minimum atomic E-state index is -0.0851. The maximum atomic E-state index is 11.8. The van der Waals surface area contributed by atoms with Crippen molar-refractivity contribution in [2.45, 2.75) is 13.3 Å². The standard InChI is InChI=1S/C15H14O3/c1-10-7-15(17)12(9-14(10)16)8-11-3-5-13(18-2)6-4-11/h3-7,9H,8H2,1-2H3. The van der Waals surface area contributed by atoms with Crippen LogP contribution in [-0.2, 0) is 16.0 Å². The average Bonchev–Trinajstić information content (AvgIpc) is 2.37. The molecule has 1 aromatic carbocycles. The van der Waals surface area contributed by atoms with Gasteiger partial charge in [0, 0.05) is 17.6 Å². The molecule has 0 aromatic heterocycles. The number of hydrogen-bond acceptors (Lipinski definition) is 3. The molecule has 0 amide bonds. The molecule has 18 heavy (non-hydrogen) atoms. The Morgan fingerprint density at radius 2 is 1.67 bits per heavy atom. The van der Waals surface area contributed by atoms with Crippen molar-refractivity contribution >= 4 is 11.6 Å². The van der Waals surface area contributed by atoms with Crippen LogP contribution in [0.4, 0.5) is 0 Å². The first kappa shape index (κ1) is 12.3. The summed E-state index contributed by atoms with van der Waals surface area (Å²) in [5.41, 5.74) is 2.02. The van der Waals surface area contributed by atoms with Gasteiger partial charge in [-0.05, 0) is 36.8 Å². The molecule has 3 heteroatoms. The minimum absolute atomic E-state index is 0.0806. The summed E-state index contributed by atoms with van der Waals surface area (Å²) in [5.74, 6) is 0.607. The summed E-state index contributed by atoms with van der Waals surface area (Å²) in [6, 6.07) is 7.46. The van der Waals surface area contributed by atoms with Gasteiger partial charge in [0.25, 0.3) is 0 Å². The molecule has 0 unspecified atom stereocenters. The quantitative estimate of drug-likeness (QED) is 0.764. The molecule has 0 saturated heterocycles. The zero-order chi connectivity index (χ0) is 13.1. The van der Waals surface area contributed by atoms with Gasteiger partial charge in [-0.3, -0.25) is 9.59 Å². The van der Waals surface area contributed by atoms with Crippen LogP contribution < -0.4 is 4.74 Å². The molecule has 0 saturated carbocycles. The average molecular weight is 242 g/mol. The van der Waals surface area contributed by atoms with Crippen LogP contribution in [0.25, 0.3) is 0 Å². The van der Waals surface area contributed by atoms with Gasteiger partial charge in [-0.1, -0.05) is 12.1 Å². The number of benzene rings is 1. The lowest BCUT2D eigenvalue weighted by atomic mass is 9.93. The Morgan fingerprint density at radius 1 is 1.00 bits per heavy atom. The third-order valence-electron chi connectivity index (χ3n) is 2.91. The summed E-state index contributed by atoms with van der Waals surface area (Å²) >= 11 is 0. The summed E-state index contributed by atoms with van der Waals surface area (Å²) in [4.78, 5) is 23.3. The predicted molar refractivity (Wildman–Crippen MR) is 68.6 cm³/mol. The van der Waals surface area contributed by atoms with Crippen molar-refractivity contribution in [3.05, 3.63) is 53.1 Å². The summed E-state index contributed by atoms with van der Waals surface area (Å²) in [6.45, 7) is 1.65. The van der Waals surface area contributed by atoms with E-state index in [0.717, 1.165) is 11.3 Å². The fourth-order valence-corrected chi connectivity index (χ4v) is 1.81. The van der Waals surface area contributed by atoms with E-state index in [2.05, 4.69) is 0 Å². The molecule has 0 fully saturated rings. The van der Waals surface area contributed by atoms with E-state index in [9.17, 15) is 9.59 Å². The largest absolute Gasteiger partial charge is 0.497 e. The SMILES string of the molecule is COc1ccc(CC2=CC(=O)C(C)=CC2=O)cc1. The number of methoxy groups -OCH3 is 1. The van der Waals surface area contributed by atoms with Crippen LogP contribution in [0.5, 0.6) is 5.75 Å². The van der Waals surface area contributed by atoms with Crippen LogP contribution in [0.3, 0.4) is 0 Å². The van der Waals surface area contributed by atoms with Gasteiger partial charge in [0.05, 0.1) is 7.11 Å². The van der Waals surface area contributed by atoms with Crippen LogP contribution in [0.1, 0.15) is 12.5 Å². The zero-order valence-electron chi connectivity index (χ0n) is 10.4. The Balaban J connectivity index is 2.16. The molecular formula is C15H14O3. The van der Waals surface area contributed by atoms with Crippen molar-refractivity contribution in [1.82, 2.24) is 0 Å². The predicted octanol–water partition coefficient (Wildman–Crippen LogP) is 2.26. The molecular weight excluding hydrogens is 228 g/mol. The molecule has 0 spiro atoms. The van der Waals surface area contributed by atoms with E-state index in [1.807, 2.05) is 24.3 Å². The molecule has 1 aliphatic carbocycles. The van der Waals surface area contributed by atoms with Gasteiger partial charge in [0.1, 0.15) is 5.75 Å². The summed E-state index contributed by atoms with van der Waals surface area (Å²) in [6.07, 6.45) is 3.31. The Morgan fingerprint density at radius 3 is 2.28 bits per heavy atom. The van der Waals surface area contributed by atoms with Crippen molar-refractivity contribution in [2.24, 2.45) is 0 Å². The molecule has 0 bridgehead atoms. The third kappa shape index (κ3) is 2.56. The van der Waals surface area contributed by atoms with Gasteiger partial charge in [0.15, 0.2) is 11.6 Å². The lowest BCUT2D eigenvalue weighted by Gasteiger charge is -2.10. The number of ether oxygens (including phenoxy) is 1. The number of allylic oxidation sites excluding steroid dienone is 4. The van der Waals surface area contributed by atoms with Gasteiger partial charge < -0.3 is 4.74 Å². The normalized spacial score (nSPS) is 15.2. The molecule has 0 radical (unpaired) electrons. The van der Waals surface area contributed by atoms with Gasteiger partial charge in [-0.15, -0.1) is 0 Å². The van der Waals surface area contributed by atoms with E-state index in [1.54, 1.807) is 14.0 Å². The maximum absolute atomic E-state index is 11.8. The molecule has 2 rings (SSSR count). The minimum Gasteiger partial charge on any atom is -0.497 e. The first-order chi connectivity index (χ1) is 8.60. The Labute approximate surface area is 106 Å². The van der Waals surface area contributed by atoms with Crippen LogP contribution in [-0.4, -0.2) is 18.7 Å². The van der Waals surface area contributed by atoms with Gasteiger partial charge in [-0.2, -0.15) is 0 Å². The highest BCUT2D eigenvalue weighted by Crippen LogP contribution is 2.18. The highest BCUT2D eigenvalue weighted by atomic mass is 16.5. The monoisotopic (exact) mass is 242 g/mol. The van der Waals surface area contributed by atoms with Crippen molar-refractivity contribution in [2.75, 3.05) is 7.11 Å². The van der Waals surface area contributed by atoms with Crippen molar-refractivity contribution in [1.29, 1.82) is 0 Å². The second-order valence-electron chi connectivity index (χ2n) is 4.25. The number of ketones is 2. The maximum Gasteiger partial charge on any atom is 0.182 e. The van der Waals surface area contributed by atoms with E-state index in [-0.39, 0.29) is 11.6 Å². The second-order valence-corrected chi connectivity index (χ2v) is 4.25. The molecule has 0 aliphatic heterocycles.